The normalized spacial score (nSPS) is 13.5. The number of methoxy groups -OCH3 is 1. The van der Waals surface area contributed by atoms with E-state index in [2.05, 4.69) is 9.84 Å². The molecule has 1 aliphatic rings. The first kappa shape index (κ1) is 18.0. The molecule has 0 radical (unpaired) electrons. The summed E-state index contributed by atoms with van der Waals surface area (Å²) in [5.74, 6) is -0.272. The molecule has 7 nitrogen and oxygen atoms in total. The molecule has 1 amide bonds. The number of aromatic nitrogens is 2. The largest absolute Gasteiger partial charge is 0.469 e. The summed E-state index contributed by atoms with van der Waals surface area (Å²) in [5, 5.41) is 4.43. The van der Waals surface area contributed by atoms with Crippen molar-refractivity contribution in [2.24, 2.45) is 0 Å². The molecule has 2 aromatic rings. The fourth-order valence-electron chi connectivity index (χ4n) is 2.82. The maximum Gasteiger partial charge on any atom is 0.410 e. The quantitative estimate of drug-likeness (QED) is 0.790. The van der Waals surface area contributed by atoms with E-state index in [0.717, 1.165) is 22.5 Å². The van der Waals surface area contributed by atoms with E-state index in [1.54, 1.807) is 11.1 Å². The highest BCUT2D eigenvalue weighted by Crippen LogP contribution is 2.26. The highest BCUT2D eigenvalue weighted by atomic mass is 16.6. The van der Waals surface area contributed by atoms with E-state index >= 15 is 0 Å². The van der Waals surface area contributed by atoms with Gasteiger partial charge in [-0.05, 0) is 38.5 Å². The Morgan fingerprint density at radius 3 is 2.46 bits per heavy atom. The van der Waals surface area contributed by atoms with Crippen LogP contribution in [0.2, 0.25) is 0 Å². The lowest BCUT2D eigenvalue weighted by molar-refractivity contribution is -0.139. The van der Waals surface area contributed by atoms with Crippen LogP contribution >= 0.6 is 0 Å². The van der Waals surface area contributed by atoms with E-state index in [1.165, 1.54) is 7.11 Å². The standard InChI is InChI=1S/C19H23N3O4/c1-19(2,3)26-18(24)21-11-14-10-20-22(16(14)12-21)15-7-5-13(6-8-15)9-17(23)25-4/h5-8,10H,9,11-12H2,1-4H3. The zero-order valence-electron chi connectivity index (χ0n) is 15.5. The zero-order chi connectivity index (χ0) is 18.9. The van der Waals surface area contributed by atoms with Crippen molar-refractivity contribution in [3.05, 3.63) is 47.3 Å². The van der Waals surface area contributed by atoms with Gasteiger partial charge in [0.15, 0.2) is 0 Å². The first-order valence-electron chi connectivity index (χ1n) is 8.46. The molecule has 0 saturated carbocycles. The van der Waals surface area contributed by atoms with Crippen LogP contribution in [-0.2, 0) is 33.8 Å². The van der Waals surface area contributed by atoms with Gasteiger partial charge in [-0.15, -0.1) is 0 Å². The summed E-state index contributed by atoms with van der Waals surface area (Å²) in [6.07, 6.45) is 1.69. The third kappa shape index (κ3) is 3.87. The summed E-state index contributed by atoms with van der Waals surface area (Å²) in [7, 11) is 1.38. The van der Waals surface area contributed by atoms with Crippen molar-refractivity contribution < 1.29 is 19.1 Å². The number of nitrogens with zero attached hydrogens (tertiary/aromatic N) is 3. The van der Waals surface area contributed by atoms with Crippen molar-refractivity contribution >= 4 is 12.1 Å². The Hall–Kier alpha value is -2.83. The average Bonchev–Trinajstić information content (AvgIpc) is 3.14. The van der Waals surface area contributed by atoms with Crippen LogP contribution in [0.3, 0.4) is 0 Å². The van der Waals surface area contributed by atoms with Gasteiger partial charge in [-0.25, -0.2) is 9.48 Å². The van der Waals surface area contributed by atoms with E-state index in [1.807, 2.05) is 49.7 Å². The summed E-state index contributed by atoms with van der Waals surface area (Å²) in [5.41, 5.74) is 3.21. The van der Waals surface area contributed by atoms with E-state index in [0.29, 0.717) is 13.1 Å². The topological polar surface area (TPSA) is 73.7 Å². The fraction of sp³-hybridized carbons (Fsp3) is 0.421. The predicted molar refractivity (Wildman–Crippen MR) is 94.8 cm³/mol. The lowest BCUT2D eigenvalue weighted by Gasteiger charge is -2.24. The summed E-state index contributed by atoms with van der Waals surface area (Å²) in [6.45, 7) is 6.50. The highest BCUT2D eigenvalue weighted by molar-refractivity contribution is 5.72. The number of amides is 1. The molecule has 0 saturated heterocycles. The van der Waals surface area contributed by atoms with Crippen molar-refractivity contribution in [2.75, 3.05) is 7.11 Å². The van der Waals surface area contributed by atoms with Crippen LogP contribution in [0, 0.1) is 0 Å². The van der Waals surface area contributed by atoms with Crippen LogP contribution in [0.4, 0.5) is 4.79 Å². The van der Waals surface area contributed by atoms with E-state index in [9.17, 15) is 9.59 Å². The molecule has 3 rings (SSSR count). The van der Waals surface area contributed by atoms with Crippen LogP contribution in [0.15, 0.2) is 30.5 Å². The summed E-state index contributed by atoms with van der Waals surface area (Å²) in [6, 6.07) is 7.56. The van der Waals surface area contributed by atoms with Crippen LogP contribution in [0.5, 0.6) is 0 Å². The zero-order valence-corrected chi connectivity index (χ0v) is 15.5. The number of carbonyl (C=O) groups is 2. The lowest BCUT2D eigenvalue weighted by Crippen LogP contribution is -2.33. The molecular weight excluding hydrogens is 334 g/mol. The second kappa shape index (κ2) is 6.82. The van der Waals surface area contributed by atoms with Crippen molar-refractivity contribution in [2.45, 2.75) is 45.9 Å². The molecule has 0 aliphatic carbocycles. The number of rotatable bonds is 3. The fourth-order valence-corrected chi connectivity index (χ4v) is 2.82. The monoisotopic (exact) mass is 357 g/mol. The number of hydrogen-bond donors (Lipinski definition) is 0. The molecule has 2 heterocycles. The van der Waals surface area contributed by atoms with Crippen LogP contribution in [0.1, 0.15) is 37.6 Å². The Labute approximate surface area is 152 Å². The van der Waals surface area contributed by atoms with Gasteiger partial charge in [0.2, 0.25) is 0 Å². The second-order valence-corrected chi connectivity index (χ2v) is 7.28. The smallest absolute Gasteiger partial charge is 0.410 e. The Kier molecular flexibility index (Phi) is 4.71. The molecule has 0 unspecified atom stereocenters. The van der Waals surface area contributed by atoms with Crippen LogP contribution < -0.4 is 0 Å². The van der Waals surface area contributed by atoms with Gasteiger partial charge in [0.05, 0.1) is 44.2 Å². The summed E-state index contributed by atoms with van der Waals surface area (Å²) < 4.78 is 11.9. The molecule has 0 fully saturated rings. The van der Waals surface area contributed by atoms with Gasteiger partial charge in [0, 0.05) is 5.56 Å². The average molecular weight is 357 g/mol. The molecule has 138 valence electrons. The van der Waals surface area contributed by atoms with Gasteiger partial charge < -0.3 is 9.47 Å². The lowest BCUT2D eigenvalue weighted by atomic mass is 10.1. The molecule has 1 aliphatic heterocycles. The van der Waals surface area contributed by atoms with Gasteiger partial charge >= 0.3 is 12.1 Å². The van der Waals surface area contributed by atoms with Gasteiger partial charge in [0.1, 0.15) is 5.60 Å². The summed E-state index contributed by atoms with van der Waals surface area (Å²) >= 11 is 0. The molecule has 0 atom stereocenters. The van der Waals surface area contributed by atoms with E-state index in [4.69, 9.17) is 4.74 Å². The molecule has 0 bridgehead atoms. The van der Waals surface area contributed by atoms with Gasteiger partial charge in [-0.3, -0.25) is 9.69 Å². The van der Waals surface area contributed by atoms with E-state index < -0.39 is 5.60 Å². The SMILES string of the molecule is COC(=O)Cc1ccc(-n2ncc3c2CN(C(=O)OC(C)(C)C)C3)cc1. The molecule has 0 N–H and O–H groups in total. The molecule has 7 heteroatoms. The molecule has 0 spiro atoms. The Bertz CT molecular complexity index is 818. The Morgan fingerprint density at radius 2 is 1.85 bits per heavy atom. The van der Waals surface area contributed by atoms with Crippen molar-refractivity contribution in [3.63, 3.8) is 0 Å². The number of esters is 1. The van der Waals surface area contributed by atoms with Crippen molar-refractivity contribution in [1.82, 2.24) is 14.7 Å². The number of hydrogen-bond acceptors (Lipinski definition) is 5. The highest BCUT2D eigenvalue weighted by Gasteiger charge is 2.30. The van der Waals surface area contributed by atoms with Gasteiger partial charge in [-0.2, -0.15) is 5.10 Å². The van der Waals surface area contributed by atoms with Gasteiger partial charge in [0.25, 0.3) is 0 Å². The predicted octanol–water partition coefficient (Wildman–Crippen LogP) is 2.84. The minimum atomic E-state index is -0.520. The van der Waals surface area contributed by atoms with E-state index in [-0.39, 0.29) is 18.5 Å². The first-order chi connectivity index (χ1) is 12.3. The Morgan fingerprint density at radius 1 is 1.15 bits per heavy atom. The minimum absolute atomic E-state index is 0.237. The molecule has 26 heavy (non-hydrogen) atoms. The number of fused-ring (bicyclic) bond motifs is 1. The van der Waals surface area contributed by atoms with Crippen LogP contribution in [-0.4, -0.2) is 39.5 Å². The third-order valence-corrected chi connectivity index (χ3v) is 4.07. The molecule has 1 aromatic carbocycles. The number of ether oxygens (including phenoxy) is 2. The summed E-state index contributed by atoms with van der Waals surface area (Å²) in [4.78, 5) is 25.3. The first-order valence-corrected chi connectivity index (χ1v) is 8.46. The molecule has 1 aromatic heterocycles. The number of benzene rings is 1. The van der Waals surface area contributed by atoms with Crippen molar-refractivity contribution in [3.8, 4) is 5.69 Å². The maximum absolute atomic E-state index is 12.3. The number of carbonyl (C=O) groups excluding carboxylic acids is 2. The maximum atomic E-state index is 12.3. The second-order valence-electron chi connectivity index (χ2n) is 7.28. The Balaban J connectivity index is 1.74. The molecular formula is C19H23N3O4. The van der Waals surface area contributed by atoms with Crippen molar-refractivity contribution in [1.29, 1.82) is 0 Å². The van der Waals surface area contributed by atoms with Gasteiger partial charge in [-0.1, -0.05) is 12.1 Å². The third-order valence-electron chi connectivity index (χ3n) is 4.07. The minimum Gasteiger partial charge on any atom is -0.469 e. The van der Waals surface area contributed by atoms with Crippen LogP contribution in [0.25, 0.3) is 5.69 Å².